The van der Waals surface area contributed by atoms with Gasteiger partial charge in [0.2, 0.25) is 0 Å². The highest BCUT2D eigenvalue weighted by molar-refractivity contribution is 5.80. The van der Waals surface area contributed by atoms with Crippen molar-refractivity contribution in [1.29, 1.82) is 0 Å². The first-order valence-corrected chi connectivity index (χ1v) is 9.24. The van der Waals surface area contributed by atoms with Crippen LogP contribution in [0.4, 0.5) is 4.79 Å². The Bertz CT molecular complexity index is 829. The number of benzene rings is 2. The second kappa shape index (κ2) is 9.82. The molecule has 0 aliphatic rings. The van der Waals surface area contributed by atoms with Gasteiger partial charge in [-0.05, 0) is 38.0 Å². The molecule has 0 heterocycles. The first-order chi connectivity index (χ1) is 13.7. The van der Waals surface area contributed by atoms with Gasteiger partial charge in [-0.3, -0.25) is 0 Å². The van der Waals surface area contributed by atoms with Crippen LogP contribution < -0.4 is 14.8 Å². The lowest BCUT2D eigenvalue weighted by Gasteiger charge is -2.22. The fourth-order valence-electron chi connectivity index (χ4n) is 2.57. The quantitative estimate of drug-likeness (QED) is 0.699. The van der Waals surface area contributed by atoms with E-state index < -0.39 is 23.7 Å². The highest BCUT2D eigenvalue weighted by Crippen LogP contribution is 2.27. The molecular formula is C22H27NO6. The Kier molecular flexibility index (Phi) is 7.47. The number of rotatable bonds is 8. The van der Waals surface area contributed by atoms with Crippen LogP contribution >= 0.6 is 0 Å². The molecule has 0 spiro atoms. The van der Waals surface area contributed by atoms with E-state index in [4.69, 9.17) is 14.2 Å². The SMILES string of the molecule is COc1ccc(CC(NC(=O)OC(C)(C)C)C(=O)O)c(OCc2ccccc2)c1. The fourth-order valence-corrected chi connectivity index (χ4v) is 2.57. The van der Waals surface area contributed by atoms with Gasteiger partial charge in [0.15, 0.2) is 0 Å². The van der Waals surface area contributed by atoms with Crippen molar-refractivity contribution in [2.75, 3.05) is 7.11 Å². The smallest absolute Gasteiger partial charge is 0.408 e. The van der Waals surface area contributed by atoms with Crippen LogP contribution in [0.3, 0.4) is 0 Å². The summed E-state index contributed by atoms with van der Waals surface area (Å²) >= 11 is 0. The number of hydrogen-bond acceptors (Lipinski definition) is 5. The number of alkyl carbamates (subject to hydrolysis) is 1. The van der Waals surface area contributed by atoms with Crippen molar-refractivity contribution in [3.8, 4) is 11.5 Å². The maximum atomic E-state index is 12.0. The molecule has 0 bridgehead atoms. The highest BCUT2D eigenvalue weighted by atomic mass is 16.6. The molecule has 29 heavy (non-hydrogen) atoms. The minimum Gasteiger partial charge on any atom is -0.497 e. The van der Waals surface area contributed by atoms with Gasteiger partial charge in [0, 0.05) is 12.5 Å². The molecule has 0 saturated carbocycles. The summed E-state index contributed by atoms with van der Waals surface area (Å²) in [4.78, 5) is 23.7. The van der Waals surface area contributed by atoms with E-state index in [1.807, 2.05) is 30.3 Å². The third-order valence-corrected chi connectivity index (χ3v) is 3.92. The maximum Gasteiger partial charge on any atom is 0.408 e. The van der Waals surface area contributed by atoms with Crippen molar-refractivity contribution >= 4 is 12.1 Å². The molecule has 2 aromatic carbocycles. The molecular weight excluding hydrogens is 374 g/mol. The molecule has 2 rings (SSSR count). The Morgan fingerprint density at radius 2 is 1.79 bits per heavy atom. The van der Waals surface area contributed by atoms with Gasteiger partial charge in [0.1, 0.15) is 29.7 Å². The van der Waals surface area contributed by atoms with Crippen LogP contribution in [-0.2, 0) is 22.6 Å². The van der Waals surface area contributed by atoms with Gasteiger partial charge in [-0.1, -0.05) is 36.4 Å². The van der Waals surface area contributed by atoms with E-state index in [2.05, 4.69) is 5.32 Å². The zero-order valence-corrected chi connectivity index (χ0v) is 17.1. The number of carbonyl (C=O) groups is 2. The van der Waals surface area contributed by atoms with E-state index in [1.54, 1.807) is 46.1 Å². The largest absolute Gasteiger partial charge is 0.497 e. The molecule has 0 saturated heterocycles. The van der Waals surface area contributed by atoms with Gasteiger partial charge in [-0.15, -0.1) is 0 Å². The van der Waals surface area contributed by atoms with Crippen LogP contribution in [0.5, 0.6) is 11.5 Å². The summed E-state index contributed by atoms with van der Waals surface area (Å²) in [5.41, 5.74) is 0.880. The number of ether oxygens (including phenoxy) is 3. The van der Waals surface area contributed by atoms with Crippen molar-refractivity contribution in [2.24, 2.45) is 0 Å². The van der Waals surface area contributed by atoms with E-state index in [9.17, 15) is 14.7 Å². The number of nitrogens with one attached hydrogen (secondary N) is 1. The Morgan fingerprint density at radius 3 is 2.38 bits per heavy atom. The van der Waals surface area contributed by atoms with Crippen LogP contribution in [0.2, 0.25) is 0 Å². The third kappa shape index (κ3) is 7.37. The number of aliphatic carboxylic acids is 1. The van der Waals surface area contributed by atoms with E-state index in [0.29, 0.717) is 23.7 Å². The molecule has 1 unspecified atom stereocenters. The number of carboxylic acids is 1. The molecule has 2 aromatic rings. The summed E-state index contributed by atoms with van der Waals surface area (Å²) < 4.78 is 16.3. The topological polar surface area (TPSA) is 94.1 Å². The number of methoxy groups -OCH3 is 1. The lowest BCUT2D eigenvalue weighted by atomic mass is 10.0. The Labute approximate surface area is 170 Å². The average Bonchev–Trinajstić information content (AvgIpc) is 2.65. The van der Waals surface area contributed by atoms with Crippen molar-refractivity contribution in [1.82, 2.24) is 5.32 Å². The van der Waals surface area contributed by atoms with Crippen LogP contribution in [0.15, 0.2) is 48.5 Å². The molecule has 7 nitrogen and oxygen atoms in total. The van der Waals surface area contributed by atoms with Crippen LogP contribution in [0.1, 0.15) is 31.9 Å². The summed E-state index contributed by atoms with van der Waals surface area (Å²) in [6.45, 7) is 5.45. The summed E-state index contributed by atoms with van der Waals surface area (Å²) in [6.07, 6.45) is -0.756. The maximum absolute atomic E-state index is 12.0. The van der Waals surface area contributed by atoms with Gasteiger partial charge in [-0.2, -0.15) is 0 Å². The van der Waals surface area contributed by atoms with E-state index >= 15 is 0 Å². The molecule has 156 valence electrons. The van der Waals surface area contributed by atoms with E-state index in [-0.39, 0.29) is 6.42 Å². The lowest BCUT2D eigenvalue weighted by molar-refractivity contribution is -0.139. The van der Waals surface area contributed by atoms with Crippen molar-refractivity contribution in [3.05, 3.63) is 59.7 Å². The zero-order chi connectivity index (χ0) is 21.4. The van der Waals surface area contributed by atoms with E-state index in [0.717, 1.165) is 5.56 Å². The van der Waals surface area contributed by atoms with Crippen LogP contribution in [-0.4, -0.2) is 35.9 Å². The highest BCUT2D eigenvalue weighted by Gasteiger charge is 2.25. The molecule has 0 radical (unpaired) electrons. The molecule has 1 atom stereocenters. The molecule has 0 fully saturated rings. The first-order valence-electron chi connectivity index (χ1n) is 9.24. The van der Waals surface area contributed by atoms with Gasteiger partial charge < -0.3 is 24.6 Å². The van der Waals surface area contributed by atoms with Crippen molar-refractivity contribution in [2.45, 2.75) is 45.4 Å². The van der Waals surface area contributed by atoms with Crippen LogP contribution in [0, 0.1) is 0 Å². The number of carboxylic acid groups (broad SMARTS) is 1. The molecule has 0 aliphatic carbocycles. The summed E-state index contributed by atoms with van der Waals surface area (Å²) in [7, 11) is 1.54. The van der Waals surface area contributed by atoms with Crippen LogP contribution in [0.25, 0.3) is 0 Å². The standard InChI is InChI=1S/C22H27NO6/c1-22(2,3)29-21(26)23-18(20(24)25)12-16-10-11-17(27-4)13-19(16)28-14-15-8-6-5-7-9-15/h5-11,13,18H,12,14H2,1-4H3,(H,23,26)(H,24,25). The van der Waals surface area contributed by atoms with Gasteiger partial charge >= 0.3 is 12.1 Å². The minimum atomic E-state index is -1.17. The Hall–Kier alpha value is -3.22. The summed E-state index contributed by atoms with van der Waals surface area (Å²) in [5.74, 6) is -0.0880. The summed E-state index contributed by atoms with van der Waals surface area (Å²) in [6, 6.07) is 13.6. The second-order valence-corrected chi connectivity index (χ2v) is 7.49. The minimum absolute atomic E-state index is 0.0304. The number of hydrogen-bond donors (Lipinski definition) is 2. The lowest BCUT2D eigenvalue weighted by Crippen LogP contribution is -2.44. The predicted molar refractivity (Wildman–Crippen MR) is 108 cm³/mol. The first kappa shape index (κ1) is 22.1. The van der Waals surface area contributed by atoms with Gasteiger partial charge in [0.25, 0.3) is 0 Å². The van der Waals surface area contributed by atoms with Crippen molar-refractivity contribution < 1.29 is 28.9 Å². The second-order valence-electron chi connectivity index (χ2n) is 7.49. The van der Waals surface area contributed by atoms with Crippen molar-refractivity contribution in [3.63, 3.8) is 0 Å². The normalized spacial score (nSPS) is 12.0. The fraction of sp³-hybridized carbons (Fsp3) is 0.364. The van der Waals surface area contributed by atoms with E-state index in [1.165, 1.54) is 0 Å². The van der Waals surface area contributed by atoms with Gasteiger partial charge in [0.05, 0.1) is 7.11 Å². The number of carbonyl (C=O) groups excluding carboxylic acids is 1. The molecule has 2 N–H and O–H groups in total. The monoisotopic (exact) mass is 401 g/mol. The Balaban J connectivity index is 2.17. The number of amides is 1. The molecule has 7 heteroatoms. The zero-order valence-electron chi connectivity index (χ0n) is 17.1. The molecule has 1 amide bonds. The van der Waals surface area contributed by atoms with Gasteiger partial charge in [-0.25, -0.2) is 9.59 Å². The molecule has 0 aromatic heterocycles. The Morgan fingerprint density at radius 1 is 1.10 bits per heavy atom. The average molecular weight is 401 g/mol. The molecule has 0 aliphatic heterocycles. The predicted octanol–water partition coefficient (Wildman–Crippen LogP) is 3.79. The summed E-state index contributed by atoms with van der Waals surface area (Å²) in [5, 5.41) is 11.9. The third-order valence-electron chi connectivity index (χ3n) is 3.92.